The van der Waals surface area contributed by atoms with E-state index in [4.69, 9.17) is 9.47 Å². The molecule has 1 saturated heterocycles. The predicted molar refractivity (Wildman–Crippen MR) is 110 cm³/mol. The lowest BCUT2D eigenvalue weighted by Crippen LogP contribution is -2.36. The molecule has 1 fully saturated rings. The van der Waals surface area contributed by atoms with Gasteiger partial charge in [0.1, 0.15) is 18.4 Å². The fourth-order valence-corrected chi connectivity index (χ4v) is 4.30. The van der Waals surface area contributed by atoms with Gasteiger partial charge in [0.15, 0.2) is 0 Å². The van der Waals surface area contributed by atoms with E-state index >= 15 is 0 Å². The number of hydrogen-bond donors (Lipinski definition) is 0. The largest absolute Gasteiger partial charge is 0.492 e. The highest BCUT2D eigenvalue weighted by Gasteiger charge is 2.31. The van der Waals surface area contributed by atoms with Crippen molar-refractivity contribution in [2.24, 2.45) is 0 Å². The van der Waals surface area contributed by atoms with Crippen LogP contribution in [0, 0.1) is 6.92 Å². The lowest BCUT2D eigenvalue weighted by atomic mass is 10.1. The van der Waals surface area contributed by atoms with E-state index < -0.39 is 0 Å². The Morgan fingerprint density at radius 2 is 2.14 bits per heavy atom. The number of aromatic nitrogens is 1. The fraction of sp³-hybridized carbons (Fsp3) is 0.478. The van der Waals surface area contributed by atoms with Gasteiger partial charge in [0.25, 0.3) is 0 Å². The summed E-state index contributed by atoms with van der Waals surface area (Å²) < 4.78 is 11.0. The van der Waals surface area contributed by atoms with E-state index in [9.17, 15) is 4.79 Å². The number of likely N-dealkylation sites (tertiary alicyclic amines) is 1. The smallest absolute Gasteiger partial charge is 0.323 e. The van der Waals surface area contributed by atoms with E-state index in [1.807, 2.05) is 13.0 Å². The number of nitrogens with zero attached hydrogens (tertiary/aromatic N) is 3. The van der Waals surface area contributed by atoms with Crippen molar-refractivity contribution in [2.75, 3.05) is 26.8 Å². The normalized spacial score (nSPS) is 20.0. The standard InChI is InChI=1S/C23H29N3O3/c1-17-5-3-6-20(24-17)16-25-11-12-29-22-9-8-18(13-19(22)15-25)14-26-10-4-7-21(26)23(27)28-2/h3,5-6,8-9,13,21H,4,7,10-12,14-16H2,1-2H3/t21-/m0/s1. The van der Waals surface area contributed by atoms with E-state index in [0.29, 0.717) is 6.61 Å². The maximum absolute atomic E-state index is 12.0. The summed E-state index contributed by atoms with van der Waals surface area (Å²) in [6.07, 6.45) is 1.91. The molecule has 6 heteroatoms. The van der Waals surface area contributed by atoms with Crippen molar-refractivity contribution in [1.29, 1.82) is 0 Å². The second-order valence-corrected chi connectivity index (χ2v) is 7.92. The van der Waals surface area contributed by atoms with Crippen LogP contribution in [0.1, 0.15) is 35.4 Å². The first-order chi connectivity index (χ1) is 14.1. The van der Waals surface area contributed by atoms with Crippen molar-refractivity contribution in [3.05, 3.63) is 58.9 Å². The summed E-state index contributed by atoms with van der Waals surface area (Å²) in [6, 6.07) is 12.5. The molecule has 3 heterocycles. The number of aryl methyl sites for hydroxylation is 1. The predicted octanol–water partition coefficient (Wildman–Crippen LogP) is 2.92. The Hall–Kier alpha value is -2.44. The van der Waals surface area contributed by atoms with Gasteiger partial charge in [-0.2, -0.15) is 0 Å². The third-order valence-corrected chi connectivity index (χ3v) is 5.74. The van der Waals surface area contributed by atoms with Crippen LogP contribution < -0.4 is 4.74 Å². The van der Waals surface area contributed by atoms with Crippen molar-refractivity contribution >= 4 is 5.97 Å². The van der Waals surface area contributed by atoms with Crippen LogP contribution in [0.25, 0.3) is 0 Å². The van der Waals surface area contributed by atoms with Gasteiger partial charge < -0.3 is 9.47 Å². The summed E-state index contributed by atoms with van der Waals surface area (Å²) in [4.78, 5) is 21.3. The van der Waals surface area contributed by atoms with Gasteiger partial charge in [-0.3, -0.25) is 19.6 Å². The lowest BCUT2D eigenvalue weighted by molar-refractivity contribution is -0.146. The van der Waals surface area contributed by atoms with Gasteiger partial charge in [0.05, 0.1) is 12.8 Å². The molecule has 0 spiro atoms. The van der Waals surface area contributed by atoms with Gasteiger partial charge in [-0.05, 0) is 56.1 Å². The zero-order valence-electron chi connectivity index (χ0n) is 17.3. The molecule has 2 aliphatic rings. The second-order valence-electron chi connectivity index (χ2n) is 7.92. The van der Waals surface area contributed by atoms with Crippen LogP contribution in [0.4, 0.5) is 0 Å². The molecule has 2 aliphatic heterocycles. The molecule has 0 bridgehead atoms. The second kappa shape index (κ2) is 8.93. The molecule has 154 valence electrons. The minimum Gasteiger partial charge on any atom is -0.492 e. The summed E-state index contributed by atoms with van der Waals surface area (Å²) in [5.41, 5.74) is 4.53. The van der Waals surface area contributed by atoms with E-state index in [1.54, 1.807) is 0 Å². The Morgan fingerprint density at radius 3 is 2.97 bits per heavy atom. The van der Waals surface area contributed by atoms with Gasteiger partial charge in [-0.1, -0.05) is 12.1 Å². The number of pyridine rings is 1. The van der Waals surface area contributed by atoms with E-state index in [-0.39, 0.29) is 12.0 Å². The van der Waals surface area contributed by atoms with Crippen LogP contribution in [0.3, 0.4) is 0 Å². The number of fused-ring (bicyclic) bond motifs is 1. The Kier molecular flexibility index (Phi) is 6.11. The molecule has 0 amide bonds. The minimum absolute atomic E-state index is 0.126. The maximum Gasteiger partial charge on any atom is 0.323 e. The highest BCUT2D eigenvalue weighted by Crippen LogP contribution is 2.27. The number of hydrogen-bond acceptors (Lipinski definition) is 6. The van der Waals surface area contributed by atoms with Crippen LogP contribution in [0.15, 0.2) is 36.4 Å². The number of methoxy groups -OCH3 is 1. The van der Waals surface area contributed by atoms with Crippen LogP contribution in [-0.4, -0.2) is 53.6 Å². The highest BCUT2D eigenvalue weighted by atomic mass is 16.5. The molecule has 1 atom stereocenters. The summed E-state index contributed by atoms with van der Waals surface area (Å²) in [5, 5.41) is 0. The Morgan fingerprint density at radius 1 is 1.24 bits per heavy atom. The summed E-state index contributed by atoms with van der Waals surface area (Å²) >= 11 is 0. The molecule has 1 aromatic carbocycles. The number of ether oxygens (including phenoxy) is 2. The lowest BCUT2D eigenvalue weighted by Gasteiger charge is -2.23. The Balaban J connectivity index is 1.47. The van der Waals surface area contributed by atoms with Crippen molar-refractivity contribution in [2.45, 2.75) is 45.4 Å². The van der Waals surface area contributed by atoms with Crippen LogP contribution in [0.5, 0.6) is 5.75 Å². The molecular formula is C23H29N3O3. The molecule has 0 aliphatic carbocycles. The van der Waals surface area contributed by atoms with E-state index in [0.717, 1.165) is 62.7 Å². The maximum atomic E-state index is 12.0. The van der Waals surface area contributed by atoms with Gasteiger partial charge in [-0.15, -0.1) is 0 Å². The van der Waals surface area contributed by atoms with Crippen LogP contribution >= 0.6 is 0 Å². The molecule has 0 N–H and O–H groups in total. The number of benzene rings is 1. The number of carbonyl (C=O) groups is 1. The quantitative estimate of drug-likeness (QED) is 0.726. The fourth-order valence-electron chi connectivity index (χ4n) is 4.30. The number of carbonyl (C=O) groups excluding carboxylic acids is 1. The molecule has 29 heavy (non-hydrogen) atoms. The molecule has 1 aromatic heterocycles. The third kappa shape index (κ3) is 4.77. The van der Waals surface area contributed by atoms with Gasteiger partial charge >= 0.3 is 5.97 Å². The average molecular weight is 396 g/mol. The first-order valence-electron chi connectivity index (χ1n) is 10.3. The van der Waals surface area contributed by atoms with Gasteiger partial charge in [0.2, 0.25) is 0 Å². The highest BCUT2D eigenvalue weighted by molar-refractivity contribution is 5.76. The average Bonchev–Trinajstić information content (AvgIpc) is 3.07. The van der Waals surface area contributed by atoms with Crippen molar-refractivity contribution in [3.63, 3.8) is 0 Å². The molecule has 6 nitrogen and oxygen atoms in total. The zero-order chi connectivity index (χ0) is 20.2. The minimum atomic E-state index is -0.127. The van der Waals surface area contributed by atoms with Gasteiger partial charge in [-0.25, -0.2) is 0 Å². The van der Waals surface area contributed by atoms with Crippen molar-refractivity contribution < 1.29 is 14.3 Å². The molecule has 0 saturated carbocycles. The monoisotopic (exact) mass is 395 g/mol. The zero-order valence-corrected chi connectivity index (χ0v) is 17.3. The topological polar surface area (TPSA) is 54.9 Å². The van der Waals surface area contributed by atoms with Gasteiger partial charge in [0, 0.05) is 37.4 Å². The first kappa shape index (κ1) is 19.9. The Labute approximate surface area is 172 Å². The van der Waals surface area contributed by atoms with Crippen LogP contribution in [-0.2, 0) is 29.2 Å². The summed E-state index contributed by atoms with van der Waals surface area (Å²) in [5.74, 6) is 0.830. The van der Waals surface area contributed by atoms with E-state index in [1.165, 1.54) is 18.2 Å². The van der Waals surface area contributed by atoms with Crippen molar-refractivity contribution in [3.8, 4) is 5.75 Å². The summed E-state index contributed by atoms with van der Waals surface area (Å²) in [6.45, 7) is 6.90. The molecule has 0 unspecified atom stereocenters. The Bertz CT molecular complexity index is 870. The molecule has 4 rings (SSSR count). The van der Waals surface area contributed by atoms with Crippen LogP contribution in [0.2, 0.25) is 0 Å². The first-order valence-corrected chi connectivity index (χ1v) is 10.3. The molecular weight excluding hydrogens is 366 g/mol. The van der Waals surface area contributed by atoms with Crippen molar-refractivity contribution in [1.82, 2.24) is 14.8 Å². The summed E-state index contributed by atoms with van der Waals surface area (Å²) in [7, 11) is 1.47. The number of esters is 1. The third-order valence-electron chi connectivity index (χ3n) is 5.74. The number of rotatable bonds is 5. The molecule has 0 radical (unpaired) electrons. The molecule has 2 aromatic rings. The van der Waals surface area contributed by atoms with E-state index in [2.05, 4.69) is 45.1 Å². The SMILES string of the molecule is COC(=O)[C@@H]1CCCN1Cc1ccc2c(c1)CN(Cc1cccc(C)n1)CCO2.